The fraction of sp³-hybridized carbons (Fsp3) is 0.188. The maximum Gasteiger partial charge on any atom is 0.422 e. The molecule has 0 atom stereocenters. The fourth-order valence-corrected chi connectivity index (χ4v) is 1.79. The van der Waals surface area contributed by atoms with Gasteiger partial charge in [0.15, 0.2) is 6.61 Å². The number of nitrogens with zero attached hydrogens (tertiary/aromatic N) is 2. The summed E-state index contributed by atoms with van der Waals surface area (Å²) in [5.41, 5.74) is 1.42. The van der Waals surface area contributed by atoms with Crippen molar-refractivity contribution in [3.8, 4) is 11.9 Å². The number of aromatic nitrogens is 1. The molecule has 0 saturated carbocycles. The quantitative estimate of drug-likeness (QED) is 0.912. The second kappa shape index (κ2) is 7.46. The summed E-state index contributed by atoms with van der Waals surface area (Å²) in [5, 5.41) is 11.4. The van der Waals surface area contributed by atoms with Crippen molar-refractivity contribution in [3.63, 3.8) is 0 Å². The van der Waals surface area contributed by atoms with Gasteiger partial charge < -0.3 is 10.1 Å². The number of amides is 1. The molecule has 2 aromatic rings. The van der Waals surface area contributed by atoms with Crippen molar-refractivity contribution in [2.24, 2.45) is 0 Å². The molecule has 0 bridgehead atoms. The van der Waals surface area contributed by atoms with Gasteiger partial charge in [-0.3, -0.25) is 4.79 Å². The molecule has 1 aromatic heterocycles. The molecule has 1 N–H and O–H groups in total. The Hall–Kier alpha value is -3.08. The lowest BCUT2D eigenvalue weighted by Crippen LogP contribution is -2.23. The van der Waals surface area contributed by atoms with Crippen LogP contribution in [0.3, 0.4) is 0 Å². The normalized spacial score (nSPS) is 10.8. The molecule has 5 nitrogen and oxygen atoms in total. The number of benzene rings is 1. The standard InChI is InChI=1S/C16H12F3N3O2/c17-16(18,19)10-24-14-5-4-13(9-21-14)15(23)22-8-12-3-1-2-11(6-12)7-20/h1-6,9H,8,10H2,(H,22,23). The smallest absolute Gasteiger partial charge is 0.422 e. The van der Waals surface area contributed by atoms with E-state index in [0.717, 1.165) is 11.8 Å². The van der Waals surface area contributed by atoms with Crippen LogP contribution in [0, 0.1) is 11.3 Å². The van der Waals surface area contributed by atoms with Crippen LogP contribution in [-0.4, -0.2) is 23.7 Å². The van der Waals surface area contributed by atoms with Gasteiger partial charge in [-0.05, 0) is 23.8 Å². The van der Waals surface area contributed by atoms with E-state index in [1.165, 1.54) is 12.1 Å². The summed E-state index contributed by atoms with van der Waals surface area (Å²) in [6.45, 7) is -1.23. The van der Waals surface area contributed by atoms with E-state index in [2.05, 4.69) is 15.0 Å². The Bertz CT molecular complexity index is 752. The first-order valence-corrected chi connectivity index (χ1v) is 6.80. The molecule has 0 aliphatic rings. The van der Waals surface area contributed by atoms with Crippen LogP contribution < -0.4 is 10.1 Å². The maximum absolute atomic E-state index is 12.0. The highest BCUT2D eigenvalue weighted by molar-refractivity contribution is 5.93. The molecule has 24 heavy (non-hydrogen) atoms. The molecule has 0 spiro atoms. The van der Waals surface area contributed by atoms with Crippen LogP contribution in [0.25, 0.3) is 0 Å². The van der Waals surface area contributed by atoms with Gasteiger partial charge in [-0.1, -0.05) is 12.1 Å². The van der Waals surface area contributed by atoms with Gasteiger partial charge in [-0.15, -0.1) is 0 Å². The highest BCUT2D eigenvalue weighted by atomic mass is 19.4. The van der Waals surface area contributed by atoms with Gasteiger partial charge in [0, 0.05) is 18.8 Å². The molecule has 0 aliphatic heterocycles. The molecular weight excluding hydrogens is 323 g/mol. The number of hydrogen-bond acceptors (Lipinski definition) is 4. The van der Waals surface area contributed by atoms with Gasteiger partial charge >= 0.3 is 6.18 Å². The number of nitriles is 1. The number of carbonyl (C=O) groups excluding carboxylic acids is 1. The zero-order chi connectivity index (χ0) is 17.6. The van der Waals surface area contributed by atoms with Crippen LogP contribution in [0.2, 0.25) is 0 Å². The second-order valence-corrected chi connectivity index (χ2v) is 4.78. The lowest BCUT2D eigenvalue weighted by Gasteiger charge is -2.09. The number of rotatable bonds is 5. The van der Waals surface area contributed by atoms with Gasteiger partial charge in [0.25, 0.3) is 5.91 Å². The summed E-state index contributed by atoms with van der Waals surface area (Å²) in [6.07, 6.45) is -3.32. The van der Waals surface area contributed by atoms with Gasteiger partial charge in [0.1, 0.15) is 0 Å². The zero-order valence-corrected chi connectivity index (χ0v) is 12.3. The van der Waals surface area contributed by atoms with Crippen molar-refractivity contribution in [3.05, 3.63) is 59.3 Å². The van der Waals surface area contributed by atoms with Crippen molar-refractivity contribution in [1.29, 1.82) is 5.26 Å². The third kappa shape index (κ3) is 5.28. The molecule has 0 radical (unpaired) electrons. The summed E-state index contributed by atoms with van der Waals surface area (Å²) in [6, 6.07) is 11.3. The molecule has 1 amide bonds. The number of hydrogen-bond donors (Lipinski definition) is 1. The van der Waals surface area contributed by atoms with Gasteiger partial charge in [0.05, 0.1) is 17.2 Å². The van der Waals surface area contributed by atoms with Gasteiger partial charge in [-0.25, -0.2) is 4.98 Å². The number of ether oxygens (including phenoxy) is 1. The van der Waals surface area contributed by atoms with Crippen molar-refractivity contribution >= 4 is 5.91 Å². The maximum atomic E-state index is 12.0. The van der Waals surface area contributed by atoms with Crippen molar-refractivity contribution in [2.45, 2.75) is 12.7 Å². The zero-order valence-electron chi connectivity index (χ0n) is 12.3. The minimum absolute atomic E-state index is 0.186. The highest BCUT2D eigenvalue weighted by Gasteiger charge is 2.28. The number of halogens is 3. The Kier molecular flexibility index (Phi) is 5.37. The van der Waals surface area contributed by atoms with Crippen molar-refractivity contribution in [2.75, 3.05) is 6.61 Å². The Balaban J connectivity index is 1.91. The van der Waals surface area contributed by atoms with Crippen LogP contribution in [0.1, 0.15) is 21.5 Å². The summed E-state index contributed by atoms with van der Waals surface area (Å²) < 4.78 is 40.5. The largest absolute Gasteiger partial charge is 0.468 e. The minimum Gasteiger partial charge on any atom is -0.468 e. The third-order valence-electron chi connectivity index (χ3n) is 2.89. The SMILES string of the molecule is N#Cc1cccc(CNC(=O)c2ccc(OCC(F)(F)F)nc2)c1. The van der Waals surface area contributed by atoms with Crippen LogP contribution in [0.5, 0.6) is 5.88 Å². The third-order valence-corrected chi connectivity index (χ3v) is 2.89. The molecule has 0 fully saturated rings. The first-order chi connectivity index (χ1) is 11.4. The van der Waals surface area contributed by atoms with Crippen LogP contribution >= 0.6 is 0 Å². The first-order valence-electron chi connectivity index (χ1n) is 6.80. The van der Waals surface area contributed by atoms with Crippen LogP contribution in [0.4, 0.5) is 13.2 Å². The number of nitrogens with one attached hydrogen (secondary N) is 1. The first kappa shape index (κ1) is 17.3. The van der Waals surface area contributed by atoms with E-state index in [4.69, 9.17) is 5.26 Å². The molecule has 8 heteroatoms. The highest BCUT2D eigenvalue weighted by Crippen LogP contribution is 2.17. The molecule has 0 unspecified atom stereocenters. The average Bonchev–Trinajstić information content (AvgIpc) is 2.58. The Morgan fingerprint density at radius 3 is 2.71 bits per heavy atom. The molecule has 1 heterocycles. The van der Waals surface area contributed by atoms with E-state index >= 15 is 0 Å². The van der Waals surface area contributed by atoms with E-state index in [-0.39, 0.29) is 18.0 Å². The van der Waals surface area contributed by atoms with E-state index in [1.807, 2.05) is 6.07 Å². The molecule has 124 valence electrons. The number of carbonyl (C=O) groups is 1. The van der Waals surface area contributed by atoms with Gasteiger partial charge in [-0.2, -0.15) is 18.4 Å². The molecule has 0 saturated heterocycles. The average molecular weight is 335 g/mol. The molecular formula is C16H12F3N3O2. The second-order valence-electron chi connectivity index (χ2n) is 4.78. The van der Waals surface area contributed by atoms with E-state index in [9.17, 15) is 18.0 Å². The van der Waals surface area contributed by atoms with Crippen LogP contribution in [0.15, 0.2) is 42.6 Å². The van der Waals surface area contributed by atoms with Crippen molar-refractivity contribution < 1.29 is 22.7 Å². The summed E-state index contributed by atoms with van der Waals surface area (Å²) >= 11 is 0. The minimum atomic E-state index is -4.45. The molecule has 2 rings (SSSR count). The lowest BCUT2D eigenvalue weighted by atomic mass is 10.1. The monoisotopic (exact) mass is 335 g/mol. The van der Waals surface area contributed by atoms with Gasteiger partial charge in [0.2, 0.25) is 5.88 Å². The Morgan fingerprint density at radius 1 is 1.29 bits per heavy atom. The van der Waals surface area contributed by atoms with Crippen molar-refractivity contribution in [1.82, 2.24) is 10.3 Å². The van der Waals surface area contributed by atoms with E-state index < -0.39 is 18.7 Å². The molecule has 1 aromatic carbocycles. The summed E-state index contributed by atoms with van der Waals surface area (Å²) in [4.78, 5) is 15.6. The number of alkyl halides is 3. The summed E-state index contributed by atoms with van der Waals surface area (Å²) in [5.74, 6) is -0.655. The van der Waals surface area contributed by atoms with E-state index in [0.29, 0.717) is 5.56 Å². The van der Waals surface area contributed by atoms with Crippen LogP contribution in [-0.2, 0) is 6.54 Å². The predicted octanol–water partition coefficient (Wildman–Crippen LogP) is 2.82. The number of pyridine rings is 1. The predicted molar refractivity (Wildman–Crippen MR) is 78.1 cm³/mol. The fourth-order valence-electron chi connectivity index (χ4n) is 1.79. The Morgan fingerprint density at radius 2 is 2.08 bits per heavy atom. The Labute approximate surface area is 135 Å². The summed E-state index contributed by atoms with van der Waals surface area (Å²) in [7, 11) is 0. The lowest BCUT2D eigenvalue weighted by molar-refractivity contribution is -0.154. The molecule has 0 aliphatic carbocycles. The topological polar surface area (TPSA) is 75.0 Å². The van der Waals surface area contributed by atoms with E-state index in [1.54, 1.807) is 24.3 Å².